The van der Waals surface area contributed by atoms with Gasteiger partial charge in [0.1, 0.15) is 13.2 Å². The molecule has 6 nitrogen and oxygen atoms in total. The van der Waals surface area contributed by atoms with Gasteiger partial charge in [-0.3, -0.25) is 9.59 Å². The van der Waals surface area contributed by atoms with Crippen molar-refractivity contribution < 1.29 is 24.2 Å². The third kappa shape index (κ3) is 6.02. The van der Waals surface area contributed by atoms with Gasteiger partial charge in [-0.05, 0) is 29.3 Å². The molecule has 0 fully saturated rings. The lowest BCUT2D eigenvalue weighted by atomic mass is 10.2. The Morgan fingerprint density at radius 3 is 2.56 bits per heavy atom. The quantitative estimate of drug-likeness (QED) is 0.721. The van der Waals surface area contributed by atoms with Gasteiger partial charge < -0.3 is 19.9 Å². The Hall–Kier alpha value is -3.28. The van der Waals surface area contributed by atoms with Crippen molar-refractivity contribution >= 4 is 18.0 Å². The zero-order chi connectivity index (χ0) is 18.1. The highest BCUT2D eigenvalue weighted by molar-refractivity contribution is 5.93. The zero-order valence-corrected chi connectivity index (χ0v) is 13.8. The van der Waals surface area contributed by atoms with E-state index in [-0.39, 0.29) is 0 Å². The third-order valence-corrected chi connectivity index (χ3v) is 3.27. The van der Waals surface area contributed by atoms with Crippen molar-refractivity contribution in [1.82, 2.24) is 5.32 Å². The number of rotatable bonds is 8. The minimum absolute atomic E-state index is 0.418. The molecule has 0 radical (unpaired) electrons. The Morgan fingerprint density at radius 1 is 1.12 bits per heavy atom. The number of ether oxygens (including phenoxy) is 2. The molecule has 2 rings (SSSR count). The third-order valence-electron chi connectivity index (χ3n) is 3.27. The van der Waals surface area contributed by atoms with Crippen molar-refractivity contribution in [3.05, 3.63) is 65.7 Å². The summed E-state index contributed by atoms with van der Waals surface area (Å²) >= 11 is 0. The number of hydrogen-bond acceptors (Lipinski definition) is 4. The van der Waals surface area contributed by atoms with Gasteiger partial charge in [-0.25, -0.2) is 0 Å². The van der Waals surface area contributed by atoms with Crippen molar-refractivity contribution in [1.29, 1.82) is 0 Å². The molecule has 0 aromatic heterocycles. The smallest absolute Gasteiger partial charge is 0.322 e. The fourth-order valence-electron chi connectivity index (χ4n) is 2.04. The molecule has 2 aromatic carbocycles. The molecule has 0 spiro atoms. The normalized spacial score (nSPS) is 10.4. The number of methoxy groups -OCH3 is 1. The molecule has 0 aliphatic rings. The van der Waals surface area contributed by atoms with Gasteiger partial charge in [-0.1, -0.05) is 36.4 Å². The second kappa shape index (κ2) is 9.12. The summed E-state index contributed by atoms with van der Waals surface area (Å²) in [5, 5.41) is 10.8. The molecule has 1 amide bonds. The monoisotopic (exact) mass is 341 g/mol. The van der Waals surface area contributed by atoms with Crippen LogP contribution in [0.2, 0.25) is 0 Å². The van der Waals surface area contributed by atoms with Crippen LogP contribution in [-0.2, 0) is 16.2 Å². The number of hydrogen-bond donors (Lipinski definition) is 2. The Morgan fingerprint density at radius 2 is 1.88 bits per heavy atom. The van der Waals surface area contributed by atoms with E-state index in [1.807, 2.05) is 30.3 Å². The van der Waals surface area contributed by atoms with Crippen molar-refractivity contribution in [2.75, 3.05) is 13.7 Å². The molecule has 0 saturated carbocycles. The lowest BCUT2D eigenvalue weighted by Gasteiger charge is -2.11. The van der Waals surface area contributed by atoms with E-state index < -0.39 is 18.4 Å². The van der Waals surface area contributed by atoms with Crippen molar-refractivity contribution in [3.8, 4) is 11.5 Å². The molecule has 0 saturated heterocycles. The van der Waals surface area contributed by atoms with Crippen LogP contribution in [0.25, 0.3) is 6.08 Å². The van der Waals surface area contributed by atoms with Crippen LogP contribution in [0.1, 0.15) is 11.1 Å². The van der Waals surface area contributed by atoms with Crippen molar-refractivity contribution in [2.24, 2.45) is 0 Å². The van der Waals surface area contributed by atoms with Crippen molar-refractivity contribution in [2.45, 2.75) is 6.61 Å². The molecule has 0 unspecified atom stereocenters. The van der Waals surface area contributed by atoms with E-state index in [0.717, 1.165) is 11.1 Å². The molecular formula is C19H19NO5. The highest BCUT2D eigenvalue weighted by Gasteiger charge is 2.06. The van der Waals surface area contributed by atoms with Gasteiger partial charge in [0.25, 0.3) is 0 Å². The van der Waals surface area contributed by atoms with Crippen LogP contribution in [0.4, 0.5) is 0 Å². The predicted molar refractivity (Wildman–Crippen MR) is 93.4 cm³/mol. The summed E-state index contributed by atoms with van der Waals surface area (Å²) in [5.74, 6) is -0.433. The van der Waals surface area contributed by atoms with E-state index >= 15 is 0 Å². The van der Waals surface area contributed by atoms with Gasteiger partial charge in [0.05, 0.1) is 7.11 Å². The average Bonchev–Trinajstić information content (AvgIpc) is 2.64. The number of benzene rings is 2. The summed E-state index contributed by atoms with van der Waals surface area (Å²) in [6, 6.07) is 15.1. The summed E-state index contributed by atoms with van der Waals surface area (Å²) in [6.45, 7) is 0.00272. The van der Waals surface area contributed by atoms with Crippen LogP contribution in [0.5, 0.6) is 11.5 Å². The highest BCUT2D eigenvalue weighted by Crippen LogP contribution is 2.29. The fraction of sp³-hybridized carbons (Fsp3) is 0.158. The van der Waals surface area contributed by atoms with E-state index in [1.165, 1.54) is 13.2 Å². The molecule has 0 heterocycles. The van der Waals surface area contributed by atoms with Crippen LogP contribution in [0, 0.1) is 0 Å². The first kappa shape index (κ1) is 18.1. The Balaban J connectivity index is 2.00. The molecule has 2 aromatic rings. The SMILES string of the molecule is COc1cc(/C=C/C(=O)NCC(=O)O)ccc1OCc1ccccc1. The van der Waals surface area contributed by atoms with Gasteiger partial charge in [0, 0.05) is 6.08 Å². The van der Waals surface area contributed by atoms with Crippen LogP contribution in [0.15, 0.2) is 54.6 Å². The van der Waals surface area contributed by atoms with Crippen LogP contribution < -0.4 is 14.8 Å². The number of carboxylic acid groups (broad SMARTS) is 1. The second-order valence-corrected chi connectivity index (χ2v) is 5.13. The molecule has 0 aliphatic heterocycles. The lowest BCUT2D eigenvalue weighted by Crippen LogP contribution is -2.27. The topological polar surface area (TPSA) is 84.9 Å². The molecule has 0 atom stereocenters. The summed E-state index contributed by atoms with van der Waals surface area (Å²) in [5.41, 5.74) is 1.78. The van der Waals surface area contributed by atoms with Crippen molar-refractivity contribution in [3.63, 3.8) is 0 Å². The first-order chi connectivity index (χ1) is 12.1. The predicted octanol–water partition coefficient (Wildman–Crippen LogP) is 2.49. The first-order valence-electron chi connectivity index (χ1n) is 7.61. The van der Waals surface area contributed by atoms with E-state index in [9.17, 15) is 9.59 Å². The molecule has 6 heteroatoms. The molecule has 25 heavy (non-hydrogen) atoms. The average molecular weight is 341 g/mol. The Bertz CT molecular complexity index is 756. The first-order valence-corrected chi connectivity index (χ1v) is 7.61. The molecule has 0 bridgehead atoms. The zero-order valence-electron chi connectivity index (χ0n) is 13.8. The van der Waals surface area contributed by atoms with Crippen LogP contribution in [0.3, 0.4) is 0 Å². The highest BCUT2D eigenvalue weighted by atomic mass is 16.5. The summed E-state index contributed by atoms with van der Waals surface area (Å²) in [4.78, 5) is 21.9. The number of amides is 1. The number of carbonyl (C=O) groups is 2. The number of aliphatic carboxylic acids is 1. The maximum Gasteiger partial charge on any atom is 0.322 e. The summed E-state index contributed by atoms with van der Waals surface area (Å²) in [6.07, 6.45) is 2.84. The van der Waals surface area contributed by atoms with E-state index in [4.69, 9.17) is 14.6 Å². The molecule has 0 aliphatic carbocycles. The van der Waals surface area contributed by atoms with E-state index in [1.54, 1.807) is 24.3 Å². The van der Waals surface area contributed by atoms with E-state index in [2.05, 4.69) is 5.32 Å². The maximum atomic E-state index is 11.5. The van der Waals surface area contributed by atoms with Gasteiger partial charge in [-0.15, -0.1) is 0 Å². The number of carbonyl (C=O) groups excluding carboxylic acids is 1. The summed E-state index contributed by atoms with van der Waals surface area (Å²) in [7, 11) is 1.54. The van der Waals surface area contributed by atoms with Gasteiger partial charge in [0.15, 0.2) is 11.5 Å². The second-order valence-electron chi connectivity index (χ2n) is 5.13. The minimum atomic E-state index is -1.09. The Labute approximate surface area is 145 Å². The van der Waals surface area contributed by atoms with Gasteiger partial charge >= 0.3 is 5.97 Å². The van der Waals surface area contributed by atoms with Crippen LogP contribution in [-0.4, -0.2) is 30.6 Å². The van der Waals surface area contributed by atoms with Crippen LogP contribution >= 0.6 is 0 Å². The number of nitrogens with one attached hydrogen (secondary N) is 1. The van der Waals surface area contributed by atoms with Gasteiger partial charge in [-0.2, -0.15) is 0 Å². The van der Waals surface area contributed by atoms with E-state index in [0.29, 0.717) is 18.1 Å². The molecule has 130 valence electrons. The standard InChI is InChI=1S/C19H19NO5/c1-24-17-11-14(8-10-18(21)20-12-19(22)23)7-9-16(17)25-13-15-5-3-2-4-6-15/h2-11H,12-13H2,1H3,(H,20,21)(H,22,23)/b10-8+. The largest absolute Gasteiger partial charge is 0.493 e. The lowest BCUT2D eigenvalue weighted by molar-refractivity contribution is -0.137. The molecular weight excluding hydrogens is 322 g/mol. The maximum absolute atomic E-state index is 11.5. The minimum Gasteiger partial charge on any atom is -0.493 e. The number of carboxylic acids is 1. The Kier molecular flexibility index (Phi) is 6.59. The summed E-state index contributed by atoms with van der Waals surface area (Å²) < 4.78 is 11.1. The molecule has 2 N–H and O–H groups in total. The van der Waals surface area contributed by atoms with Gasteiger partial charge in [0.2, 0.25) is 5.91 Å². The fourth-order valence-corrected chi connectivity index (χ4v) is 2.04.